The molecule has 10 atom stereocenters. The fourth-order valence-electron chi connectivity index (χ4n) is 11.3. The summed E-state index contributed by atoms with van der Waals surface area (Å²) in [6.45, 7) is 11.5. The van der Waals surface area contributed by atoms with Gasteiger partial charge in [0, 0.05) is 47.8 Å². The molecule has 0 bridgehead atoms. The number of carbonyl (C=O) groups is 4. The Morgan fingerprint density at radius 2 is 1.49 bits per heavy atom. The Morgan fingerprint density at radius 1 is 0.810 bits per heavy atom. The highest BCUT2D eigenvalue weighted by molar-refractivity contribution is 8.77. The number of hydrogen-bond donors (Lipinski definition) is 1. The van der Waals surface area contributed by atoms with Gasteiger partial charge in [-0.1, -0.05) is 48.8 Å². The molecule has 1 amide bonds. The van der Waals surface area contributed by atoms with Gasteiger partial charge < -0.3 is 57.4 Å². The maximum absolute atomic E-state index is 13.5. The van der Waals surface area contributed by atoms with Crippen LogP contribution in [-0.2, 0) is 71.3 Å². The average molecular weight is 926 g/mol. The van der Waals surface area contributed by atoms with Crippen LogP contribution in [0.15, 0.2) is 11.1 Å². The van der Waals surface area contributed by atoms with Crippen LogP contribution in [0.25, 0.3) is 0 Å². The van der Waals surface area contributed by atoms with Crippen LogP contribution in [0.5, 0.6) is 0 Å². The first-order valence-electron chi connectivity index (χ1n) is 23.3. The molecule has 4 saturated heterocycles. The summed E-state index contributed by atoms with van der Waals surface area (Å²) in [7, 11) is 3.93. The van der Waals surface area contributed by atoms with Gasteiger partial charge in [0.15, 0.2) is 11.7 Å². The summed E-state index contributed by atoms with van der Waals surface area (Å²) < 4.78 is 64.7. The molecule has 63 heavy (non-hydrogen) atoms. The Labute approximate surface area is 378 Å². The second-order valence-corrected chi connectivity index (χ2v) is 21.2. The number of amides is 1. The lowest BCUT2D eigenvalue weighted by Gasteiger charge is -2.53. The molecule has 18 heteroatoms. The van der Waals surface area contributed by atoms with E-state index in [1.54, 1.807) is 0 Å². The van der Waals surface area contributed by atoms with Crippen LogP contribution in [0.1, 0.15) is 91.4 Å². The first-order valence-corrected chi connectivity index (χ1v) is 25.7. The van der Waals surface area contributed by atoms with Gasteiger partial charge in [0.2, 0.25) is 5.91 Å². The molecular formula is C45H67NO15S2. The standard InChI is InChI=1S/C45H67NO15S2/c1-29(2)43-38(60-43)39-45(61-39)42(3)13-11-31-32(28-57-40(31)50)33(42)27-34-44(45,59-34)41(43)58-37(49)10-6-8-35(47)46-14-15-51-16-17-52-18-19-53-20-21-54-22-23-55-24-25-56-36(48)9-5-4-7-30-12-26-62-63-30/h29-30,33-34,38-39,41H,4-28H2,1-3H3,(H,46,47)/t30?,33-,34-,38-,39-,41+,42-,43-,44+,45+/m0/s1. The average Bonchev–Trinajstić information content (AvgIpc) is 4.21. The number of carbonyl (C=O) groups excluding carboxylic acids is 4. The van der Waals surface area contributed by atoms with Crippen molar-refractivity contribution >= 4 is 45.4 Å². The van der Waals surface area contributed by atoms with Crippen LogP contribution in [0.3, 0.4) is 0 Å². The third-order valence-corrected chi connectivity index (χ3v) is 17.5. The molecule has 5 heterocycles. The fourth-order valence-corrected chi connectivity index (χ4v) is 14.3. The van der Waals surface area contributed by atoms with E-state index < -0.39 is 22.9 Å². The Morgan fingerprint density at radius 3 is 2.17 bits per heavy atom. The lowest BCUT2D eigenvalue weighted by atomic mass is 9.46. The fraction of sp³-hybridized carbons (Fsp3) is 0.867. The number of unbranched alkanes of at least 4 members (excludes halogenated alkanes) is 1. The van der Waals surface area contributed by atoms with E-state index in [0.717, 1.165) is 42.1 Å². The Bertz CT molecular complexity index is 1680. The third-order valence-electron chi connectivity index (χ3n) is 14.5. The van der Waals surface area contributed by atoms with Crippen molar-refractivity contribution < 1.29 is 71.3 Å². The molecule has 1 unspecified atom stereocenters. The second-order valence-electron chi connectivity index (χ2n) is 18.4. The van der Waals surface area contributed by atoms with Crippen molar-refractivity contribution in [2.75, 3.05) is 91.6 Å². The van der Waals surface area contributed by atoms with Crippen LogP contribution in [0, 0.1) is 17.3 Å². The Hall–Kier alpha value is -2.00. The van der Waals surface area contributed by atoms with Gasteiger partial charge in [0.25, 0.3) is 0 Å². The minimum absolute atomic E-state index is 0.0674. The molecule has 8 aliphatic rings. The molecular weight excluding hydrogens is 859 g/mol. The summed E-state index contributed by atoms with van der Waals surface area (Å²) >= 11 is 0. The van der Waals surface area contributed by atoms with Crippen LogP contribution in [0.4, 0.5) is 0 Å². The van der Waals surface area contributed by atoms with Crippen LogP contribution in [0.2, 0.25) is 0 Å². The van der Waals surface area contributed by atoms with Gasteiger partial charge in [-0.3, -0.25) is 14.4 Å². The highest BCUT2D eigenvalue weighted by Crippen LogP contribution is 2.83. The molecule has 8 rings (SSSR count). The summed E-state index contributed by atoms with van der Waals surface area (Å²) in [6, 6.07) is 0. The number of esters is 3. The van der Waals surface area contributed by atoms with E-state index in [9.17, 15) is 19.2 Å². The molecule has 0 aromatic carbocycles. The Kier molecular flexibility index (Phi) is 15.7. The van der Waals surface area contributed by atoms with Crippen LogP contribution >= 0.6 is 21.6 Å². The van der Waals surface area contributed by atoms with Crippen molar-refractivity contribution in [3.8, 4) is 0 Å². The number of fused-ring (bicyclic) bond motifs is 4. The zero-order valence-electron chi connectivity index (χ0n) is 37.2. The van der Waals surface area contributed by atoms with Gasteiger partial charge in [0.05, 0.1) is 72.2 Å². The molecule has 0 radical (unpaired) electrons. The largest absolute Gasteiger partial charge is 0.463 e. The summed E-state index contributed by atoms with van der Waals surface area (Å²) in [5.74, 6) is 0.517. The lowest BCUT2D eigenvalue weighted by Crippen LogP contribution is -2.70. The number of nitrogens with one attached hydrogen (secondary N) is 1. The van der Waals surface area contributed by atoms with E-state index in [-0.39, 0.29) is 78.8 Å². The van der Waals surface area contributed by atoms with Gasteiger partial charge in [-0.15, -0.1) is 0 Å². The summed E-state index contributed by atoms with van der Waals surface area (Å²) in [6.07, 6.45) is 6.51. The van der Waals surface area contributed by atoms with E-state index in [2.05, 4.69) is 26.1 Å². The van der Waals surface area contributed by atoms with Gasteiger partial charge in [-0.25, -0.2) is 4.79 Å². The minimum atomic E-state index is -0.797. The van der Waals surface area contributed by atoms with Crippen molar-refractivity contribution in [2.24, 2.45) is 17.3 Å². The molecule has 0 aromatic rings. The maximum Gasteiger partial charge on any atom is 0.334 e. The zero-order valence-corrected chi connectivity index (χ0v) is 38.8. The summed E-state index contributed by atoms with van der Waals surface area (Å²) in [5.41, 5.74) is -0.548. The topological polar surface area (TPSA) is 192 Å². The lowest BCUT2D eigenvalue weighted by molar-refractivity contribution is -0.169. The zero-order chi connectivity index (χ0) is 44.1. The molecule has 1 N–H and O–H groups in total. The van der Waals surface area contributed by atoms with Crippen molar-refractivity contribution in [1.29, 1.82) is 0 Å². The van der Waals surface area contributed by atoms with E-state index in [0.29, 0.717) is 98.5 Å². The number of cyclic esters (lactones) is 1. The first kappa shape index (κ1) is 47.5. The molecule has 16 nitrogen and oxygen atoms in total. The SMILES string of the molecule is CC(C)[C@]12O[C@H]1[C@@H]1O[C@]13[C@]1(O[C@H]1C[C@H]1C4=C(CC[C@@]13C)C(=O)OC4)[C@@H]2OC(=O)CCCC(=O)NCCOCCOCCOCCOCCOCCOC(=O)CCCCC1CCSS1. The van der Waals surface area contributed by atoms with E-state index >= 15 is 0 Å². The van der Waals surface area contributed by atoms with Gasteiger partial charge in [-0.05, 0) is 62.4 Å². The predicted octanol–water partition coefficient (Wildman–Crippen LogP) is 4.28. The van der Waals surface area contributed by atoms with Crippen molar-refractivity contribution in [1.82, 2.24) is 5.32 Å². The van der Waals surface area contributed by atoms with Crippen LogP contribution in [-0.4, -0.2) is 162 Å². The summed E-state index contributed by atoms with van der Waals surface area (Å²) in [4.78, 5) is 50.4. The molecule has 0 aromatic heterocycles. The molecule has 354 valence electrons. The molecule has 3 aliphatic carbocycles. The van der Waals surface area contributed by atoms with Gasteiger partial charge in [-0.2, -0.15) is 0 Å². The summed E-state index contributed by atoms with van der Waals surface area (Å²) in [5, 5.41) is 3.60. The third kappa shape index (κ3) is 9.73. The van der Waals surface area contributed by atoms with Crippen molar-refractivity contribution in [3.05, 3.63) is 11.1 Å². The first-order chi connectivity index (χ1) is 30.6. The minimum Gasteiger partial charge on any atom is -0.463 e. The predicted molar refractivity (Wildman–Crippen MR) is 230 cm³/mol. The number of hydrogen-bond acceptors (Lipinski definition) is 17. The molecule has 2 spiro atoms. The molecule has 2 saturated carbocycles. The maximum atomic E-state index is 13.5. The highest BCUT2D eigenvalue weighted by atomic mass is 33.1. The van der Waals surface area contributed by atoms with E-state index in [1.165, 1.54) is 18.6 Å². The smallest absolute Gasteiger partial charge is 0.334 e. The van der Waals surface area contributed by atoms with Gasteiger partial charge in [0.1, 0.15) is 36.6 Å². The van der Waals surface area contributed by atoms with E-state index in [4.69, 9.17) is 52.1 Å². The number of epoxide rings is 3. The Balaban J connectivity index is 0.613. The van der Waals surface area contributed by atoms with Crippen molar-refractivity contribution in [2.45, 2.75) is 138 Å². The monoisotopic (exact) mass is 925 g/mol. The van der Waals surface area contributed by atoms with Crippen molar-refractivity contribution in [3.63, 3.8) is 0 Å². The van der Waals surface area contributed by atoms with Crippen LogP contribution < -0.4 is 5.32 Å². The molecule has 6 fully saturated rings. The second kappa shape index (κ2) is 20.9. The van der Waals surface area contributed by atoms with Gasteiger partial charge >= 0.3 is 17.9 Å². The number of ether oxygens (including phenoxy) is 11. The molecule has 5 aliphatic heterocycles. The normalized spacial score (nSPS) is 35.1. The number of rotatable bonds is 29. The highest BCUT2D eigenvalue weighted by Gasteiger charge is 3.01. The van der Waals surface area contributed by atoms with E-state index in [1.807, 2.05) is 21.6 Å². The quantitative estimate of drug-likeness (QED) is 0.0367.